The molecule has 0 bridgehead atoms. The number of aryl methyl sites for hydroxylation is 1. The number of rotatable bonds is 5. The van der Waals surface area contributed by atoms with E-state index in [0.717, 1.165) is 39.0 Å². The Morgan fingerprint density at radius 3 is 2.84 bits per heavy atom. The van der Waals surface area contributed by atoms with Crippen LogP contribution in [0.1, 0.15) is 29.8 Å². The normalized spacial score (nSPS) is 16.8. The second kappa shape index (κ2) is 6.68. The lowest BCUT2D eigenvalue weighted by Crippen LogP contribution is -2.41. The lowest BCUT2D eigenvalue weighted by molar-refractivity contribution is 0.00827. The number of nitrogens with two attached hydrogens (primary N) is 1. The molecule has 106 valence electrons. The molecule has 6 heteroatoms. The first-order valence-corrected chi connectivity index (χ1v) is 6.81. The van der Waals surface area contributed by atoms with Gasteiger partial charge in [-0.05, 0) is 31.9 Å². The van der Waals surface area contributed by atoms with Crippen molar-refractivity contribution in [2.75, 3.05) is 26.2 Å². The number of carbonyl (C=O) groups is 1. The van der Waals surface area contributed by atoms with E-state index >= 15 is 0 Å². The maximum absolute atomic E-state index is 12.2. The third-order valence-corrected chi connectivity index (χ3v) is 3.36. The van der Waals surface area contributed by atoms with Crippen LogP contribution in [0, 0.1) is 0 Å². The second-order valence-electron chi connectivity index (χ2n) is 4.88. The Bertz CT molecular complexity index is 411. The minimum atomic E-state index is 0.0148. The van der Waals surface area contributed by atoms with Gasteiger partial charge < -0.3 is 15.4 Å². The van der Waals surface area contributed by atoms with Gasteiger partial charge in [0.25, 0.3) is 5.91 Å². The van der Waals surface area contributed by atoms with E-state index in [1.54, 1.807) is 16.9 Å². The topological polar surface area (TPSA) is 73.4 Å². The highest BCUT2D eigenvalue weighted by Gasteiger charge is 2.24. The molecule has 1 aromatic heterocycles. The third-order valence-electron chi connectivity index (χ3n) is 3.36. The highest BCUT2D eigenvalue weighted by atomic mass is 16.5. The summed E-state index contributed by atoms with van der Waals surface area (Å²) < 4.78 is 7.37. The molecule has 0 radical (unpaired) electrons. The largest absolute Gasteiger partial charge is 0.378 e. The van der Waals surface area contributed by atoms with Gasteiger partial charge in [-0.3, -0.25) is 9.48 Å². The first-order chi connectivity index (χ1) is 9.20. The fraction of sp³-hybridized carbons (Fsp3) is 0.692. The number of carbonyl (C=O) groups excluding carboxylic acids is 1. The monoisotopic (exact) mass is 266 g/mol. The molecule has 0 unspecified atom stereocenters. The first kappa shape index (κ1) is 14.0. The van der Waals surface area contributed by atoms with Crippen molar-refractivity contribution in [3.05, 3.63) is 18.0 Å². The fourth-order valence-corrected chi connectivity index (χ4v) is 2.25. The Labute approximate surface area is 113 Å². The molecule has 0 atom stereocenters. The maximum atomic E-state index is 12.2. The molecule has 0 aromatic carbocycles. The van der Waals surface area contributed by atoms with Crippen LogP contribution in [0.4, 0.5) is 0 Å². The van der Waals surface area contributed by atoms with E-state index in [2.05, 4.69) is 5.10 Å². The van der Waals surface area contributed by atoms with E-state index in [0.29, 0.717) is 12.2 Å². The van der Waals surface area contributed by atoms with Gasteiger partial charge in [0.15, 0.2) is 0 Å². The Hall–Kier alpha value is -1.40. The number of hydrogen-bond acceptors (Lipinski definition) is 4. The van der Waals surface area contributed by atoms with Gasteiger partial charge >= 0.3 is 0 Å². The molecule has 19 heavy (non-hydrogen) atoms. The van der Waals surface area contributed by atoms with Crippen LogP contribution in [-0.2, 0) is 11.8 Å². The number of ether oxygens (including phenoxy) is 1. The molecule has 1 fully saturated rings. The Kier molecular flexibility index (Phi) is 4.93. The summed E-state index contributed by atoms with van der Waals surface area (Å²) in [7, 11) is 1.81. The van der Waals surface area contributed by atoms with Crippen LogP contribution >= 0.6 is 0 Å². The fourth-order valence-electron chi connectivity index (χ4n) is 2.25. The Balaban J connectivity index is 1.78. The number of nitrogens with zero attached hydrogens (tertiary/aromatic N) is 3. The van der Waals surface area contributed by atoms with Crippen molar-refractivity contribution in [3.8, 4) is 0 Å². The summed E-state index contributed by atoms with van der Waals surface area (Å²) in [6.45, 7) is 2.86. The second-order valence-corrected chi connectivity index (χ2v) is 4.88. The third kappa shape index (κ3) is 3.78. The van der Waals surface area contributed by atoms with Gasteiger partial charge in [-0.15, -0.1) is 0 Å². The highest BCUT2D eigenvalue weighted by molar-refractivity contribution is 5.92. The van der Waals surface area contributed by atoms with Crippen molar-refractivity contribution >= 4 is 5.91 Å². The van der Waals surface area contributed by atoms with E-state index in [1.165, 1.54) is 0 Å². The van der Waals surface area contributed by atoms with E-state index in [9.17, 15) is 4.79 Å². The molecule has 0 saturated carbocycles. The summed E-state index contributed by atoms with van der Waals surface area (Å²) in [4.78, 5) is 14.0. The molecule has 6 nitrogen and oxygen atoms in total. The molecule has 2 heterocycles. The van der Waals surface area contributed by atoms with Gasteiger partial charge in [-0.2, -0.15) is 5.10 Å². The summed E-state index contributed by atoms with van der Waals surface area (Å²) in [5, 5.41) is 4.15. The summed E-state index contributed by atoms with van der Waals surface area (Å²) in [5.74, 6) is 0.0148. The zero-order chi connectivity index (χ0) is 13.7. The zero-order valence-electron chi connectivity index (χ0n) is 11.4. The van der Waals surface area contributed by atoms with Crippen LogP contribution in [0.5, 0.6) is 0 Å². The molecular weight excluding hydrogens is 244 g/mol. The Morgan fingerprint density at radius 2 is 2.26 bits per heavy atom. The standard InChI is InChI=1S/C13H22N4O2/c1-16-7-5-12(15-16)13(18)17-8-3-11(4-9-17)19-10-2-6-14/h5,7,11H,2-4,6,8-10,14H2,1H3. The molecule has 0 spiro atoms. The van der Waals surface area contributed by atoms with Crippen molar-refractivity contribution < 1.29 is 9.53 Å². The minimum absolute atomic E-state index is 0.0148. The van der Waals surface area contributed by atoms with Crippen LogP contribution < -0.4 is 5.73 Å². The smallest absolute Gasteiger partial charge is 0.274 e. The average molecular weight is 266 g/mol. The lowest BCUT2D eigenvalue weighted by atomic mass is 10.1. The van der Waals surface area contributed by atoms with Gasteiger partial charge in [0.1, 0.15) is 5.69 Å². The number of hydrogen-bond donors (Lipinski definition) is 1. The molecule has 1 aliphatic heterocycles. The first-order valence-electron chi connectivity index (χ1n) is 6.81. The molecule has 1 aliphatic rings. The van der Waals surface area contributed by atoms with Crippen LogP contribution in [0.15, 0.2) is 12.3 Å². The van der Waals surface area contributed by atoms with Crippen molar-refractivity contribution in [1.82, 2.24) is 14.7 Å². The summed E-state index contributed by atoms with van der Waals surface area (Å²) in [5.41, 5.74) is 5.95. The molecule has 1 amide bonds. The van der Waals surface area contributed by atoms with Crippen LogP contribution in [0.25, 0.3) is 0 Å². The van der Waals surface area contributed by atoms with E-state index < -0.39 is 0 Å². The SMILES string of the molecule is Cn1ccc(C(=O)N2CCC(OCCCN)CC2)n1. The summed E-state index contributed by atoms with van der Waals surface area (Å²) in [6, 6.07) is 1.76. The summed E-state index contributed by atoms with van der Waals surface area (Å²) >= 11 is 0. The number of piperidine rings is 1. The molecule has 2 N–H and O–H groups in total. The van der Waals surface area contributed by atoms with Gasteiger partial charge in [0, 0.05) is 32.9 Å². The molecule has 1 aromatic rings. The van der Waals surface area contributed by atoms with Gasteiger partial charge in [0.2, 0.25) is 0 Å². The lowest BCUT2D eigenvalue weighted by Gasteiger charge is -2.31. The van der Waals surface area contributed by atoms with Crippen molar-refractivity contribution in [1.29, 1.82) is 0 Å². The summed E-state index contributed by atoms with van der Waals surface area (Å²) in [6.07, 6.45) is 4.73. The molecule has 2 rings (SSSR count). The van der Waals surface area contributed by atoms with Gasteiger partial charge in [-0.25, -0.2) is 0 Å². The van der Waals surface area contributed by atoms with Crippen molar-refractivity contribution in [2.45, 2.75) is 25.4 Å². The van der Waals surface area contributed by atoms with Gasteiger partial charge in [0.05, 0.1) is 6.10 Å². The average Bonchev–Trinajstić information content (AvgIpc) is 2.86. The minimum Gasteiger partial charge on any atom is -0.378 e. The predicted octanol–water partition coefficient (Wildman–Crippen LogP) is 0.390. The number of likely N-dealkylation sites (tertiary alicyclic amines) is 1. The van der Waals surface area contributed by atoms with Gasteiger partial charge in [-0.1, -0.05) is 0 Å². The van der Waals surface area contributed by atoms with Crippen LogP contribution in [0.2, 0.25) is 0 Å². The van der Waals surface area contributed by atoms with E-state index in [-0.39, 0.29) is 12.0 Å². The quantitative estimate of drug-likeness (QED) is 0.782. The maximum Gasteiger partial charge on any atom is 0.274 e. The zero-order valence-corrected chi connectivity index (χ0v) is 11.4. The van der Waals surface area contributed by atoms with E-state index in [1.807, 2.05) is 11.9 Å². The van der Waals surface area contributed by atoms with Crippen LogP contribution in [0.3, 0.4) is 0 Å². The number of amides is 1. The number of aromatic nitrogens is 2. The highest BCUT2D eigenvalue weighted by Crippen LogP contribution is 2.15. The molecule has 1 saturated heterocycles. The molecule has 0 aliphatic carbocycles. The predicted molar refractivity (Wildman–Crippen MR) is 71.8 cm³/mol. The van der Waals surface area contributed by atoms with Crippen LogP contribution in [-0.4, -0.2) is 52.9 Å². The van der Waals surface area contributed by atoms with E-state index in [4.69, 9.17) is 10.5 Å². The molecular formula is C13H22N4O2. The van der Waals surface area contributed by atoms with Crippen molar-refractivity contribution in [3.63, 3.8) is 0 Å². The Morgan fingerprint density at radius 1 is 1.53 bits per heavy atom. The van der Waals surface area contributed by atoms with Crippen molar-refractivity contribution in [2.24, 2.45) is 12.8 Å².